The lowest BCUT2D eigenvalue weighted by molar-refractivity contribution is -0.139. The van der Waals surface area contributed by atoms with Crippen LogP contribution in [0.25, 0.3) is 0 Å². The number of ether oxygens (including phenoxy) is 1. The number of amides is 1. The van der Waals surface area contributed by atoms with Crippen molar-refractivity contribution in [2.45, 2.75) is 19.1 Å². The number of aliphatic carboxylic acids is 1. The summed E-state index contributed by atoms with van der Waals surface area (Å²) in [6.45, 7) is 0.00450. The molecular formula is C17H15ClFNO4. The van der Waals surface area contributed by atoms with Crippen LogP contribution in [0, 0.1) is 5.82 Å². The molecule has 0 aliphatic heterocycles. The van der Waals surface area contributed by atoms with Gasteiger partial charge in [-0.2, -0.15) is 0 Å². The number of rotatable bonds is 6. The van der Waals surface area contributed by atoms with E-state index in [0.717, 1.165) is 11.6 Å². The van der Waals surface area contributed by atoms with Crippen LogP contribution in [-0.2, 0) is 22.6 Å². The summed E-state index contributed by atoms with van der Waals surface area (Å²) in [5, 5.41) is 11.7. The van der Waals surface area contributed by atoms with Gasteiger partial charge in [0.05, 0.1) is 0 Å². The first-order valence-electron chi connectivity index (χ1n) is 7.09. The van der Waals surface area contributed by atoms with Crippen LogP contribution >= 0.6 is 11.6 Å². The van der Waals surface area contributed by atoms with Crippen LogP contribution in [-0.4, -0.2) is 23.2 Å². The number of carboxylic acid groups (broad SMARTS) is 1. The van der Waals surface area contributed by atoms with E-state index in [1.807, 2.05) is 6.07 Å². The van der Waals surface area contributed by atoms with E-state index in [1.54, 1.807) is 24.3 Å². The molecule has 5 nitrogen and oxygen atoms in total. The maximum Gasteiger partial charge on any atom is 0.408 e. The van der Waals surface area contributed by atoms with Gasteiger partial charge in [0.2, 0.25) is 0 Å². The van der Waals surface area contributed by atoms with Crippen LogP contribution in [0.1, 0.15) is 11.1 Å². The second kappa shape index (κ2) is 8.31. The SMILES string of the molecule is O=C(N[C@H](Cc1cc(Cl)ccc1F)C(=O)O)OCc1ccccc1. The van der Waals surface area contributed by atoms with Gasteiger partial charge in [0.25, 0.3) is 0 Å². The topological polar surface area (TPSA) is 75.6 Å². The Labute approximate surface area is 143 Å². The van der Waals surface area contributed by atoms with Gasteiger partial charge in [-0.15, -0.1) is 0 Å². The molecule has 0 saturated carbocycles. The van der Waals surface area contributed by atoms with E-state index >= 15 is 0 Å². The van der Waals surface area contributed by atoms with Crippen LogP contribution in [0.3, 0.4) is 0 Å². The van der Waals surface area contributed by atoms with E-state index in [9.17, 15) is 19.1 Å². The van der Waals surface area contributed by atoms with Gasteiger partial charge in [-0.05, 0) is 29.3 Å². The summed E-state index contributed by atoms with van der Waals surface area (Å²) < 4.78 is 18.7. The summed E-state index contributed by atoms with van der Waals surface area (Å²) in [5.41, 5.74) is 0.860. The quantitative estimate of drug-likeness (QED) is 0.836. The smallest absolute Gasteiger partial charge is 0.408 e. The number of alkyl carbamates (subject to hydrolysis) is 1. The first-order valence-corrected chi connectivity index (χ1v) is 7.47. The van der Waals surface area contributed by atoms with Crippen LogP contribution < -0.4 is 5.32 Å². The summed E-state index contributed by atoms with van der Waals surface area (Å²) in [6.07, 6.45) is -1.14. The van der Waals surface area contributed by atoms with E-state index < -0.39 is 23.9 Å². The molecule has 0 aliphatic carbocycles. The molecule has 2 aromatic rings. The van der Waals surface area contributed by atoms with E-state index in [2.05, 4.69) is 5.32 Å². The second-order valence-electron chi connectivity index (χ2n) is 5.04. The normalized spacial score (nSPS) is 11.6. The van der Waals surface area contributed by atoms with Crippen molar-refractivity contribution in [1.82, 2.24) is 5.32 Å². The molecule has 2 N–H and O–H groups in total. The number of carboxylic acids is 1. The van der Waals surface area contributed by atoms with Crippen molar-refractivity contribution in [3.05, 3.63) is 70.5 Å². The average molecular weight is 352 g/mol. The van der Waals surface area contributed by atoms with Gasteiger partial charge in [0, 0.05) is 11.4 Å². The van der Waals surface area contributed by atoms with Crippen molar-refractivity contribution in [2.24, 2.45) is 0 Å². The van der Waals surface area contributed by atoms with Crippen molar-refractivity contribution in [2.75, 3.05) is 0 Å². The van der Waals surface area contributed by atoms with Crippen LogP contribution in [0.5, 0.6) is 0 Å². The van der Waals surface area contributed by atoms with Crippen molar-refractivity contribution in [3.8, 4) is 0 Å². The van der Waals surface area contributed by atoms with Crippen molar-refractivity contribution < 1.29 is 23.8 Å². The molecule has 0 fully saturated rings. The molecule has 0 unspecified atom stereocenters. The maximum absolute atomic E-state index is 13.7. The molecule has 0 aromatic heterocycles. The van der Waals surface area contributed by atoms with Gasteiger partial charge in [0.1, 0.15) is 18.5 Å². The zero-order valence-corrected chi connectivity index (χ0v) is 13.3. The standard InChI is InChI=1S/C17H15ClFNO4/c18-13-6-7-14(19)12(8-13)9-15(16(21)22)20-17(23)24-10-11-4-2-1-3-5-11/h1-8,15H,9-10H2,(H,20,23)(H,21,22)/t15-/m1/s1. The predicted octanol–water partition coefficient (Wildman–Crippen LogP) is 3.40. The number of hydrogen-bond acceptors (Lipinski definition) is 3. The number of halogens is 2. The zero-order valence-electron chi connectivity index (χ0n) is 12.5. The Balaban J connectivity index is 1.96. The Morgan fingerprint density at radius 3 is 2.58 bits per heavy atom. The largest absolute Gasteiger partial charge is 0.480 e. The highest BCUT2D eigenvalue weighted by Gasteiger charge is 2.22. The molecule has 0 spiro atoms. The summed E-state index contributed by atoms with van der Waals surface area (Å²) >= 11 is 5.78. The lowest BCUT2D eigenvalue weighted by Crippen LogP contribution is -2.42. The Morgan fingerprint density at radius 2 is 1.92 bits per heavy atom. The fourth-order valence-electron chi connectivity index (χ4n) is 2.03. The Bertz CT molecular complexity index is 724. The molecule has 0 heterocycles. The summed E-state index contributed by atoms with van der Waals surface area (Å²) in [4.78, 5) is 23.0. The van der Waals surface area contributed by atoms with E-state index in [4.69, 9.17) is 16.3 Å². The van der Waals surface area contributed by atoms with Gasteiger partial charge in [-0.3, -0.25) is 0 Å². The van der Waals surface area contributed by atoms with E-state index in [0.29, 0.717) is 0 Å². The zero-order chi connectivity index (χ0) is 17.5. The predicted molar refractivity (Wildman–Crippen MR) is 86.3 cm³/mol. The third-order valence-corrected chi connectivity index (χ3v) is 3.47. The highest BCUT2D eigenvalue weighted by Crippen LogP contribution is 2.16. The highest BCUT2D eigenvalue weighted by molar-refractivity contribution is 6.30. The molecule has 0 aliphatic rings. The lowest BCUT2D eigenvalue weighted by Gasteiger charge is -2.15. The average Bonchev–Trinajstić information content (AvgIpc) is 2.56. The van der Waals surface area contributed by atoms with Gasteiger partial charge < -0.3 is 15.2 Å². The first-order chi connectivity index (χ1) is 11.5. The molecule has 24 heavy (non-hydrogen) atoms. The summed E-state index contributed by atoms with van der Waals surface area (Å²) in [5.74, 6) is -1.89. The van der Waals surface area contributed by atoms with Crippen LogP contribution in [0.2, 0.25) is 5.02 Å². The van der Waals surface area contributed by atoms with Crippen molar-refractivity contribution >= 4 is 23.7 Å². The fourth-order valence-corrected chi connectivity index (χ4v) is 2.22. The molecule has 2 rings (SSSR count). The molecule has 1 atom stereocenters. The Kier molecular flexibility index (Phi) is 6.14. The van der Waals surface area contributed by atoms with Crippen molar-refractivity contribution in [3.63, 3.8) is 0 Å². The third kappa shape index (κ3) is 5.24. The Morgan fingerprint density at radius 1 is 1.21 bits per heavy atom. The van der Waals surface area contributed by atoms with E-state index in [-0.39, 0.29) is 23.6 Å². The number of hydrogen-bond donors (Lipinski definition) is 2. The fraction of sp³-hybridized carbons (Fsp3) is 0.176. The number of carbonyl (C=O) groups is 2. The number of nitrogens with one attached hydrogen (secondary N) is 1. The molecule has 7 heteroatoms. The monoisotopic (exact) mass is 351 g/mol. The minimum absolute atomic E-state index is 0.00450. The number of carbonyl (C=O) groups excluding carboxylic acids is 1. The molecule has 126 valence electrons. The lowest BCUT2D eigenvalue weighted by atomic mass is 10.1. The van der Waals surface area contributed by atoms with Gasteiger partial charge in [0.15, 0.2) is 0 Å². The third-order valence-electron chi connectivity index (χ3n) is 3.23. The summed E-state index contributed by atoms with van der Waals surface area (Å²) in [6, 6.07) is 11.4. The van der Waals surface area contributed by atoms with Crippen LogP contribution in [0.15, 0.2) is 48.5 Å². The molecule has 0 saturated heterocycles. The molecule has 2 aromatic carbocycles. The molecule has 1 amide bonds. The summed E-state index contributed by atoms with van der Waals surface area (Å²) in [7, 11) is 0. The van der Waals surface area contributed by atoms with Gasteiger partial charge >= 0.3 is 12.1 Å². The van der Waals surface area contributed by atoms with Gasteiger partial charge in [-0.25, -0.2) is 14.0 Å². The maximum atomic E-state index is 13.7. The van der Waals surface area contributed by atoms with Crippen LogP contribution in [0.4, 0.5) is 9.18 Å². The molecular weight excluding hydrogens is 337 g/mol. The first kappa shape index (κ1) is 17.7. The number of benzene rings is 2. The Hall–Kier alpha value is -2.60. The molecule has 0 radical (unpaired) electrons. The minimum Gasteiger partial charge on any atom is -0.480 e. The van der Waals surface area contributed by atoms with E-state index in [1.165, 1.54) is 12.1 Å². The minimum atomic E-state index is -1.33. The van der Waals surface area contributed by atoms with Gasteiger partial charge in [-0.1, -0.05) is 41.9 Å². The second-order valence-corrected chi connectivity index (χ2v) is 5.47. The van der Waals surface area contributed by atoms with Crippen molar-refractivity contribution in [1.29, 1.82) is 0 Å². The highest BCUT2D eigenvalue weighted by atomic mass is 35.5. The molecule has 0 bridgehead atoms.